The maximum Gasteiger partial charge on any atom is 0.310 e. The molecule has 0 N–H and O–H groups in total. The van der Waals surface area contributed by atoms with Gasteiger partial charge in [0, 0.05) is 13.1 Å². The van der Waals surface area contributed by atoms with Crippen LogP contribution in [0.25, 0.3) is 5.69 Å². The van der Waals surface area contributed by atoms with Gasteiger partial charge in [-0.2, -0.15) is 5.10 Å². The molecule has 3 rings (SSSR count). The average Bonchev–Trinajstić information content (AvgIpc) is 3.12. The van der Waals surface area contributed by atoms with Gasteiger partial charge in [0.1, 0.15) is 0 Å². The number of nitrogens with zero attached hydrogens (tertiary/aromatic N) is 3. The summed E-state index contributed by atoms with van der Waals surface area (Å²) in [6, 6.07) is 8.18. The monoisotopic (exact) mass is 397 g/mol. The molecule has 6 heteroatoms. The molecule has 0 spiro atoms. The predicted octanol–water partition coefficient (Wildman–Crippen LogP) is 3.72. The fourth-order valence-electron chi connectivity index (χ4n) is 4.00. The number of hydrogen-bond acceptors (Lipinski definition) is 4. The van der Waals surface area contributed by atoms with Crippen molar-refractivity contribution in [2.45, 2.75) is 53.4 Å². The van der Waals surface area contributed by atoms with Gasteiger partial charge in [-0.1, -0.05) is 31.5 Å². The molecule has 1 aliphatic heterocycles. The minimum atomic E-state index is -0.241. The molecule has 1 fully saturated rings. The van der Waals surface area contributed by atoms with Crippen molar-refractivity contribution in [3.8, 4) is 5.69 Å². The number of piperidine rings is 1. The lowest BCUT2D eigenvalue weighted by Gasteiger charge is -2.31. The Bertz CT molecular complexity index is 870. The Balaban J connectivity index is 1.93. The molecule has 0 bridgehead atoms. The molecule has 156 valence electrons. The summed E-state index contributed by atoms with van der Waals surface area (Å²) in [6.45, 7) is 9.38. The second kappa shape index (κ2) is 9.25. The van der Waals surface area contributed by atoms with Crippen LogP contribution in [0.4, 0.5) is 0 Å². The zero-order chi connectivity index (χ0) is 21.0. The van der Waals surface area contributed by atoms with Gasteiger partial charge in [0.2, 0.25) is 0 Å². The number of ether oxygens (including phenoxy) is 1. The topological polar surface area (TPSA) is 64.4 Å². The summed E-state index contributed by atoms with van der Waals surface area (Å²) in [4.78, 5) is 27.5. The number of likely N-dealkylation sites (tertiary alicyclic amines) is 1. The van der Waals surface area contributed by atoms with Gasteiger partial charge >= 0.3 is 5.97 Å². The van der Waals surface area contributed by atoms with E-state index < -0.39 is 0 Å². The molecule has 2 heterocycles. The first kappa shape index (κ1) is 21.1. The number of carbonyl (C=O) groups is 2. The van der Waals surface area contributed by atoms with Gasteiger partial charge < -0.3 is 9.64 Å². The Morgan fingerprint density at radius 2 is 1.86 bits per heavy atom. The Labute approximate surface area is 172 Å². The van der Waals surface area contributed by atoms with E-state index in [9.17, 15) is 9.59 Å². The van der Waals surface area contributed by atoms with Gasteiger partial charge in [-0.05, 0) is 51.7 Å². The van der Waals surface area contributed by atoms with E-state index in [1.807, 2.05) is 30.7 Å². The van der Waals surface area contributed by atoms with E-state index in [0.29, 0.717) is 38.1 Å². The summed E-state index contributed by atoms with van der Waals surface area (Å²) in [5.41, 5.74) is 4.58. The third kappa shape index (κ3) is 4.36. The maximum atomic E-state index is 13.5. The first-order chi connectivity index (χ1) is 14.0. The summed E-state index contributed by atoms with van der Waals surface area (Å²) < 4.78 is 7.08. The largest absolute Gasteiger partial charge is 0.466 e. The molecule has 0 aliphatic carbocycles. The number of hydrogen-bond donors (Lipinski definition) is 0. The molecule has 1 aromatic heterocycles. The van der Waals surface area contributed by atoms with Crippen molar-refractivity contribution in [3.63, 3.8) is 0 Å². The van der Waals surface area contributed by atoms with E-state index >= 15 is 0 Å². The summed E-state index contributed by atoms with van der Waals surface area (Å²) >= 11 is 0. The Morgan fingerprint density at radius 1 is 1.14 bits per heavy atom. The molecule has 1 amide bonds. The highest BCUT2D eigenvalue weighted by atomic mass is 16.5. The maximum absolute atomic E-state index is 13.5. The van der Waals surface area contributed by atoms with Crippen LogP contribution >= 0.6 is 0 Å². The van der Waals surface area contributed by atoms with Gasteiger partial charge in [-0.25, -0.2) is 4.68 Å². The second-order valence-corrected chi connectivity index (χ2v) is 7.57. The molecule has 1 aromatic carbocycles. The van der Waals surface area contributed by atoms with Crippen LogP contribution in [0.3, 0.4) is 0 Å². The van der Waals surface area contributed by atoms with E-state index in [-0.39, 0.29) is 17.8 Å². The lowest BCUT2D eigenvalue weighted by Crippen LogP contribution is -2.43. The zero-order valence-electron chi connectivity index (χ0n) is 17.9. The van der Waals surface area contributed by atoms with Crippen molar-refractivity contribution in [2.75, 3.05) is 19.7 Å². The Kier molecular flexibility index (Phi) is 6.72. The number of amides is 1. The van der Waals surface area contributed by atoms with Crippen LogP contribution in [0.1, 0.15) is 60.9 Å². The second-order valence-electron chi connectivity index (χ2n) is 7.57. The molecule has 0 radical (unpaired) electrons. The summed E-state index contributed by atoms with van der Waals surface area (Å²) in [6.07, 6.45) is 2.97. The van der Waals surface area contributed by atoms with Crippen molar-refractivity contribution in [1.29, 1.82) is 0 Å². The number of benzene rings is 1. The highest BCUT2D eigenvalue weighted by molar-refractivity contribution is 5.97. The van der Waals surface area contributed by atoms with Crippen LogP contribution in [-0.2, 0) is 22.4 Å². The molecular weight excluding hydrogens is 366 g/mol. The average molecular weight is 398 g/mol. The van der Waals surface area contributed by atoms with Crippen LogP contribution in [0.15, 0.2) is 24.3 Å². The van der Waals surface area contributed by atoms with Crippen molar-refractivity contribution in [2.24, 2.45) is 5.92 Å². The van der Waals surface area contributed by atoms with Crippen LogP contribution in [0, 0.1) is 12.8 Å². The van der Waals surface area contributed by atoms with Crippen LogP contribution in [0.2, 0.25) is 0 Å². The standard InChI is InChI=1S/C23H31N3O3/c1-5-19-21(20(6-2)26(24-19)18-12-10-16(4)11-13-18)22(27)25-14-8-9-17(15-25)23(28)29-7-3/h10-13,17H,5-9,14-15H2,1-4H3. The lowest BCUT2D eigenvalue weighted by atomic mass is 9.97. The van der Waals surface area contributed by atoms with Gasteiger partial charge in [0.15, 0.2) is 0 Å². The minimum Gasteiger partial charge on any atom is -0.466 e. The number of carbonyl (C=O) groups excluding carboxylic acids is 2. The molecule has 6 nitrogen and oxygen atoms in total. The lowest BCUT2D eigenvalue weighted by molar-refractivity contribution is -0.149. The van der Waals surface area contributed by atoms with Gasteiger partial charge in [-0.15, -0.1) is 0 Å². The first-order valence-corrected chi connectivity index (χ1v) is 10.6. The van der Waals surface area contributed by atoms with Gasteiger partial charge in [0.05, 0.1) is 35.2 Å². The SMILES string of the molecule is CCOC(=O)C1CCCN(C(=O)c2c(CC)nn(-c3ccc(C)cc3)c2CC)C1. The van der Waals surface area contributed by atoms with Crippen molar-refractivity contribution >= 4 is 11.9 Å². The van der Waals surface area contributed by atoms with Crippen LogP contribution < -0.4 is 0 Å². The minimum absolute atomic E-state index is 0.0222. The summed E-state index contributed by atoms with van der Waals surface area (Å²) in [5, 5.41) is 4.78. The fourth-order valence-corrected chi connectivity index (χ4v) is 4.00. The van der Waals surface area contributed by atoms with Crippen molar-refractivity contribution < 1.29 is 14.3 Å². The highest BCUT2D eigenvalue weighted by Crippen LogP contribution is 2.25. The predicted molar refractivity (Wildman–Crippen MR) is 112 cm³/mol. The number of rotatable bonds is 6. The van der Waals surface area contributed by atoms with Crippen molar-refractivity contribution in [3.05, 3.63) is 46.8 Å². The van der Waals surface area contributed by atoms with E-state index in [4.69, 9.17) is 9.84 Å². The number of esters is 1. The Hall–Kier alpha value is -2.63. The molecule has 2 aromatic rings. The van der Waals surface area contributed by atoms with E-state index in [1.165, 1.54) is 5.56 Å². The normalized spacial score (nSPS) is 16.7. The first-order valence-electron chi connectivity index (χ1n) is 10.6. The molecule has 1 atom stereocenters. The Morgan fingerprint density at radius 3 is 2.48 bits per heavy atom. The van der Waals surface area contributed by atoms with E-state index in [0.717, 1.165) is 29.9 Å². The van der Waals surface area contributed by atoms with Crippen LogP contribution in [0.5, 0.6) is 0 Å². The quantitative estimate of drug-likeness (QED) is 0.697. The van der Waals surface area contributed by atoms with Crippen LogP contribution in [-0.4, -0.2) is 46.3 Å². The molecular formula is C23H31N3O3. The van der Waals surface area contributed by atoms with Gasteiger partial charge in [-0.3, -0.25) is 9.59 Å². The fraction of sp³-hybridized carbons (Fsp3) is 0.522. The molecule has 1 saturated heterocycles. The van der Waals surface area contributed by atoms with E-state index in [2.05, 4.69) is 26.0 Å². The van der Waals surface area contributed by atoms with Gasteiger partial charge in [0.25, 0.3) is 5.91 Å². The number of aromatic nitrogens is 2. The molecule has 1 aliphatic rings. The molecule has 0 saturated carbocycles. The van der Waals surface area contributed by atoms with E-state index in [1.54, 1.807) is 4.90 Å². The highest BCUT2D eigenvalue weighted by Gasteiger charge is 2.33. The molecule has 1 unspecified atom stereocenters. The summed E-state index contributed by atoms with van der Waals surface area (Å²) in [7, 11) is 0. The smallest absolute Gasteiger partial charge is 0.310 e. The third-order valence-electron chi connectivity index (χ3n) is 5.54. The third-order valence-corrected chi connectivity index (χ3v) is 5.54. The summed E-state index contributed by atoms with van der Waals surface area (Å²) in [5.74, 6) is -0.465. The zero-order valence-corrected chi connectivity index (χ0v) is 17.9. The number of aryl methyl sites for hydroxylation is 2. The molecule has 29 heavy (non-hydrogen) atoms. The van der Waals surface area contributed by atoms with Crippen molar-refractivity contribution in [1.82, 2.24) is 14.7 Å².